The molecule has 1 aliphatic heterocycles. The summed E-state index contributed by atoms with van der Waals surface area (Å²) in [7, 11) is 0. The maximum atomic E-state index is 5.65. The van der Waals surface area contributed by atoms with Crippen LogP contribution >= 0.6 is 23.6 Å². The molecule has 2 aliphatic rings. The summed E-state index contributed by atoms with van der Waals surface area (Å²) < 4.78 is 0. The van der Waals surface area contributed by atoms with E-state index in [1.54, 1.807) is 0 Å². The van der Waals surface area contributed by atoms with Crippen molar-refractivity contribution in [2.45, 2.75) is 11.8 Å². The second-order valence-corrected chi connectivity index (χ2v) is 5.62. The summed E-state index contributed by atoms with van der Waals surface area (Å²) in [6, 6.07) is 4.38. The van der Waals surface area contributed by atoms with Crippen LogP contribution < -0.4 is 5.73 Å². The fraction of sp³-hybridized carbons (Fsp3) is 0.500. The average molecular weight is 224 g/mol. The Morgan fingerprint density at radius 1 is 1.71 bits per heavy atom. The Balaban J connectivity index is 1.86. The van der Waals surface area contributed by atoms with E-state index < -0.39 is 0 Å². The Morgan fingerprint density at radius 3 is 3.14 bits per heavy atom. The van der Waals surface area contributed by atoms with Crippen LogP contribution in [0.3, 0.4) is 0 Å². The van der Waals surface area contributed by atoms with Crippen molar-refractivity contribution in [3.05, 3.63) is 22.4 Å². The Kier molecular flexibility index (Phi) is 1.67. The molecule has 1 saturated carbocycles. The van der Waals surface area contributed by atoms with E-state index in [-0.39, 0.29) is 0 Å². The van der Waals surface area contributed by atoms with Crippen LogP contribution in [0.1, 0.15) is 11.3 Å². The summed E-state index contributed by atoms with van der Waals surface area (Å²) >= 11 is 6.88. The highest BCUT2D eigenvalue weighted by atomic mass is 32.1. The smallest absolute Gasteiger partial charge is 0.166 e. The Morgan fingerprint density at radius 2 is 2.57 bits per heavy atom. The Bertz CT molecular complexity index is 373. The number of piperidine rings is 1. The van der Waals surface area contributed by atoms with Gasteiger partial charge in [-0.25, -0.2) is 0 Å². The van der Waals surface area contributed by atoms with Crippen LogP contribution in [-0.2, 0) is 5.41 Å². The average Bonchev–Trinajstić information content (AvgIpc) is 2.60. The number of rotatable bonds is 1. The normalized spacial score (nSPS) is 34.3. The van der Waals surface area contributed by atoms with Crippen molar-refractivity contribution in [2.24, 2.45) is 11.7 Å². The zero-order chi connectivity index (χ0) is 9.76. The quantitative estimate of drug-likeness (QED) is 0.734. The fourth-order valence-corrected chi connectivity index (χ4v) is 3.74. The minimum absolute atomic E-state index is 0.414. The molecule has 1 aromatic rings. The van der Waals surface area contributed by atoms with Crippen LogP contribution in [-0.4, -0.2) is 23.1 Å². The van der Waals surface area contributed by atoms with Crippen LogP contribution in [0.25, 0.3) is 0 Å². The molecule has 2 nitrogen and oxygen atoms in total. The standard InChI is InChI=1S/C10H12N2S2/c11-9(13)12-5-7-4-10(7,6-12)8-2-1-3-14-8/h1-3,7H,4-6H2,(H2,11,13)/t7-,10-/m0/s1. The minimum atomic E-state index is 0.414. The van der Waals surface area contributed by atoms with E-state index >= 15 is 0 Å². The highest BCUT2D eigenvalue weighted by molar-refractivity contribution is 7.80. The van der Waals surface area contributed by atoms with Crippen molar-refractivity contribution in [2.75, 3.05) is 13.1 Å². The predicted octanol–water partition coefficient (Wildman–Crippen LogP) is 1.57. The van der Waals surface area contributed by atoms with Gasteiger partial charge in [0.05, 0.1) is 0 Å². The van der Waals surface area contributed by atoms with Gasteiger partial charge >= 0.3 is 0 Å². The maximum Gasteiger partial charge on any atom is 0.166 e. The Hall–Kier alpha value is -0.610. The van der Waals surface area contributed by atoms with Gasteiger partial charge in [0.25, 0.3) is 0 Å². The van der Waals surface area contributed by atoms with Crippen LogP contribution in [0.2, 0.25) is 0 Å². The van der Waals surface area contributed by atoms with E-state index in [2.05, 4.69) is 22.4 Å². The van der Waals surface area contributed by atoms with E-state index in [9.17, 15) is 0 Å². The molecule has 2 atom stereocenters. The first kappa shape index (κ1) is 8.68. The number of likely N-dealkylation sites (tertiary alicyclic amines) is 1. The lowest BCUT2D eigenvalue weighted by Gasteiger charge is -2.20. The van der Waals surface area contributed by atoms with Gasteiger partial charge in [-0.05, 0) is 36.0 Å². The first-order valence-corrected chi connectivity index (χ1v) is 6.09. The molecular formula is C10H12N2S2. The van der Waals surface area contributed by atoms with Gasteiger partial charge in [-0.2, -0.15) is 0 Å². The van der Waals surface area contributed by atoms with Crippen molar-refractivity contribution < 1.29 is 0 Å². The van der Waals surface area contributed by atoms with E-state index in [1.165, 1.54) is 11.3 Å². The second kappa shape index (κ2) is 2.70. The molecule has 4 heteroatoms. The molecule has 0 radical (unpaired) electrons. The van der Waals surface area contributed by atoms with Crippen molar-refractivity contribution in [1.29, 1.82) is 0 Å². The number of fused-ring (bicyclic) bond motifs is 1. The largest absolute Gasteiger partial charge is 0.376 e. The van der Waals surface area contributed by atoms with E-state index in [1.807, 2.05) is 11.3 Å². The van der Waals surface area contributed by atoms with E-state index in [0.29, 0.717) is 10.5 Å². The highest BCUT2D eigenvalue weighted by Crippen LogP contribution is 2.59. The van der Waals surface area contributed by atoms with Crippen molar-refractivity contribution in [1.82, 2.24) is 4.90 Å². The van der Waals surface area contributed by atoms with Crippen LogP contribution in [0.4, 0.5) is 0 Å². The van der Waals surface area contributed by atoms with E-state index in [0.717, 1.165) is 19.0 Å². The number of nitrogens with zero attached hydrogens (tertiary/aromatic N) is 1. The highest BCUT2D eigenvalue weighted by Gasteiger charge is 2.61. The topological polar surface area (TPSA) is 29.3 Å². The molecular weight excluding hydrogens is 212 g/mol. The van der Waals surface area contributed by atoms with Crippen molar-refractivity contribution >= 4 is 28.7 Å². The first-order chi connectivity index (χ1) is 6.72. The molecule has 0 aromatic carbocycles. The molecule has 74 valence electrons. The second-order valence-electron chi connectivity index (χ2n) is 4.25. The summed E-state index contributed by atoms with van der Waals surface area (Å²) in [4.78, 5) is 3.66. The molecule has 0 unspecified atom stereocenters. The molecule has 0 bridgehead atoms. The molecule has 1 aromatic heterocycles. The van der Waals surface area contributed by atoms with Gasteiger partial charge in [0.1, 0.15) is 0 Å². The summed E-state index contributed by atoms with van der Waals surface area (Å²) in [5.41, 5.74) is 6.07. The molecule has 0 spiro atoms. The molecule has 1 saturated heterocycles. The number of hydrogen-bond acceptors (Lipinski definition) is 2. The molecule has 2 fully saturated rings. The van der Waals surface area contributed by atoms with Gasteiger partial charge in [0, 0.05) is 23.4 Å². The van der Waals surface area contributed by atoms with Crippen LogP contribution in [0, 0.1) is 5.92 Å². The monoisotopic (exact) mass is 224 g/mol. The molecule has 3 rings (SSSR count). The third kappa shape index (κ3) is 1.04. The number of thiophene rings is 1. The third-order valence-corrected chi connectivity index (χ3v) is 4.82. The zero-order valence-corrected chi connectivity index (χ0v) is 9.40. The molecule has 2 heterocycles. The van der Waals surface area contributed by atoms with Crippen LogP contribution in [0.5, 0.6) is 0 Å². The fourth-order valence-electron chi connectivity index (χ4n) is 2.59. The van der Waals surface area contributed by atoms with Gasteiger partial charge in [-0.3, -0.25) is 0 Å². The molecule has 0 amide bonds. The van der Waals surface area contributed by atoms with Gasteiger partial charge in [0.15, 0.2) is 5.11 Å². The molecule has 2 N–H and O–H groups in total. The maximum absolute atomic E-state index is 5.65. The molecule has 1 aliphatic carbocycles. The predicted molar refractivity (Wildman–Crippen MR) is 62.5 cm³/mol. The van der Waals surface area contributed by atoms with Gasteiger partial charge < -0.3 is 10.6 Å². The summed E-state index contributed by atoms with van der Waals surface area (Å²) in [5, 5.41) is 2.72. The minimum Gasteiger partial charge on any atom is -0.376 e. The summed E-state index contributed by atoms with van der Waals surface area (Å²) in [6.07, 6.45) is 1.33. The Labute approximate surface area is 92.7 Å². The first-order valence-electron chi connectivity index (χ1n) is 4.81. The zero-order valence-electron chi connectivity index (χ0n) is 7.77. The lowest BCUT2D eigenvalue weighted by atomic mass is 10.0. The summed E-state index contributed by atoms with van der Waals surface area (Å²) in [5.74, 6) is 0.794. The van der Waals surface area contributed by atoms with E-state index in [4.69, 9.17) is 18.0 Å². The van der Waals surface area contributed by atoms with Crippen molar-refractivity contribution in [3.8, 4) is 0 Å². The third-order valence-electron chi connectivity index (χ3n) is 3.47. The SMILES string of the molecule is NC(=S)N1C[C@@H]2C[C@]2(c2cccs2)C1. The molecule has 14 heavy (non-hydrogen) atoms. The van der Waals surface area contributed by atoms with Gasteiger partial charge in [0.2, 0.25) is 0 Å². The lowest BCUT2D eigenvalue weighted by Crippen LogP contribution is -2.36. The van der Waals surface area contributed by atoms with Crippen LogP contribution in [0.15, 0.2) is 17.5 Å². The number of hydrogen-bond donors (Lipinski definition) is 1. The number of thiocarbonyl (C=S) groups is 1. The lowest BCUT2D eigenvalue weighted by molar-refractivity contribution is 0.452. The number of nitrogens with two attached hydrogens (primary N) is 1. The summed E-state index contributed by atoms with van der Waals surface area (Å²) in [6.45, 7) is 2.10. The van der Waals surface area contributed by atoms with Crippen molar-refractivity contribution in [3.63, 3.8) is 0 Å². The van der Waals surface area contributed by atoms with Gasteiger partial charge in [-0.1, -0.05) is 6.07 Å². The van der Waals surface area contributed by atoms with Gasteiger partial charge in [-0.15, -0.1) is 11.3 Å².